The van der Waals surface area contributed by atoms with Gasteiger partial charge in [0.25, 0.3) is 0 Å². The molecule has 0 saturated carbocycles. The van der Waals surface area contributed by atoms with Crippen LogP contribution in [0.4, 0.5) is 4.39 Å². The first-order valence-corrected chi connectivity index (χ1v) is 3.81. The lowest BCUT2D eigenvalue weighted by Crippen LogP contribution is -1.93. The van der Waals surface area contributed by atoms with Crippen molar-refractivity contribution in [3.05, 3.63) is 35.1 Å². The van der Waals surface area contributed by atoms with Crippen molar-refractivity contribution < 1.29 is 9.60 Å². The Morgan fingerprint density at radius 1 is 1.33 bits per heavy atom. The van der Waals surface area contributed by atoms with Crippen molar-refractivity contribution >= 4 is 5.71 Å². The summed E-state index contributed by atoms with van der Waals surface area (Å²) in [6, 6.07) is 4.54. The minimum Gasteiger partial charge on any atom is -0.411 e. The number of rotatable bonds is 0. The van der Waals surface area contributed by atoms with E-state index in [4.69, 9.17) is 5.21 Å². The van der Waals surface area contributed by atoms with E-state index in [1.807, 2.05) is 0 Å². The standard InChI is InChI=1S/C9H8FNO/c10-7-2-3-8-6(5-7)1-4-9(8)11-12/h2-3,5,12H,1,4H2. The average molecular weight is 165 g/mol. The van der Waals surface area contributed by atoms with E-state index < -0.39 is 0 Å². The Morgan fingerprint density at radius 2 is 2.17 bits per heavy atom. The molecule has 1 aliphatic carbocycles. The molecule has 0 aromatic heterocycles. The second-order valence-corrected chi connectivity index (χ2v) is 2.85. The molecule has 0 radical (unpaired) electrons. The van der Waals surface area contributed by atoms with Gasteiger partial charge in [0.15, 0.2) is 0 Å². The fourth-order valence-corrected chi connectivity index (χ4v) is 1.54. The van der Waals surface area contributed by atoms with Gasteiger partial charge in [-0.1, -0.05) is 5.16 Å². The molecule has 0 fully saturated rings. The lowest BCUT2D eigenvalue weighted by molar-refractivity contribution is 0.318. The highest BCUT2D eigenvalue weighted by atomic mass is 19.1. The Morgan fingerprint density at radius 3 is 2.92 bits per heavy atom. The van der Waals surface area contributed by atoms with Crippen LogP contribution in [0.1, 0.15) is 17.5 Å². The van der Waals surface area contributed by atoms with Crippen molar-refractivity contribution in [3.63, 3.8) is 0 Å². The quantitative estimate of drug-likeness (QED) is 0.462. The summed E-state index contributed by atoms with van der Waals surface area (Å²) < 4.78 is 12.7. The van der Waals surface area contributed by atoms with E-state index in [1.54, 1.807) is 6.07 Å². The molecule has 62 valence electrons. The molecule has 1 aliphatic rings. The monoisotopic (exact) mass is 165 g/mol. The average Bonchev–Trinajstić information content (AvgIpc) is 2.46. The van der Waals surface area contributed by atoms with Gasteiger partial charge in [0.2, 0.25) is 0 Å². The Hall–Kier alpha value is -1.38. The molecule has 0 heterocycles. The molecule has 12 heavy (non-hydrogen) atoms. The number of hydrogen-bond donors (Lipinski definition) is 1. The van der Waals surface area contributed by atoms with Crippen LogP contribution in [0.15, 0.2) is 23.4 Å². The fraction of sp³-hybridized carbons (Fsp3) is 0.222. The molecular formula is C9H8FNO. The molecule has 3 heteroatoms. The van der Waals surface area contributed by atoms with E-state index >= 15 is 0 Å². The zero-order valence-electron chi connectivity index (χ0n) is 6.42. The van der Waals surface area contributed by atoms with Gasteiger partial charge in [0, 0.05) is 5.56 Å². The molecule has 0 aliphatic heterocycles. The van der Waals surface area contributed by atoms with Crippen LogP contribution in [0.3, 0.4) is 0 Å². The maximum absolute atomic E-state index is 12.7. The first-order chi connectivity index (χ1) is 5.81. The van der Waals surface area contributed by atoms with Crippen molar-refractivity contribution in [1.82, 2.24) is 0 Å². The highest BCUT2D eigenvalue weighted by Crippen LogP contribution is 2.22. The predicted octanol–water partition coefficient (Wildman–Crippen LogP) is 1.95. The lowest BCUT2D eigenvalue weighted by Gasteiger charge is -1.96. The third kappa shape index (κ3) is 0.978. The summed E-state index contributed by atoms with van der Waals surface area (Å²) in [5, 5.41) is 11.7. The molecule has 0 amide bonds. The summed E-state index contributed by atoms with van der Waals surface area (Å²) in [5.74, 6) is -0.229. The Bertz CT molecular complexity index is 346. The second-order valence-electron chi connectivity index (χ2n) is 2.85. The number of halogens is 1. The molecule has 2 nitrogen and oxygen atoms in total. The molecule has 2 rings (SSSR count). The number of benzene rings is 1. The van der Waals surface area contributed by atoms with E-state index in [0.29, 0.717) is 12.1 Å². The molecule has 0 unspecified atom stereocenters. The number of aryl methyl sites for hydroxylation is 1. The molecule has 0 spiro atoms. The van der Waals surface area contributed by atoms with Gasteiger partial charge in [0.05, 0.1) is 5.71 Å². The molecule has 0 saturated heterocycles. The van der Waals surface area contributed by atoms with Crippen LogP contribution in [0, 0.1) is 5.82 Å². The van der Waals surface area contributed by atoms with Gasteiger partial charge in [-0.05, 0) is 36.6 Å². The number of oxime groups is 1. The van der Waals surface area contributed by atoms with Gasteiger partial charge >= 0.3 is 0 Å². The Balaban J connectivity index is 2.55. The van der Waals surface area contributed by atoms with Gasteiger partial charge < -0.3 is 5.21 Å². The predicted molar refractivity (Wildman–Crippen MR) is 43.0 cm³/mol. The molecule has 0 atom stereocenters. The van der Waals surface area contributed by atoms with E-state index in [0.717, 1.165) is 17.5 Å². The summed E-state index contributed by atoms with van der Waals surface area (Å²) in [5.41, 5.74) is 2.46. The lowest BCUT2D eigenvalue weighted by atomic mass is 10.1. The number of hydrogen-bond acceptors (Lipinski definition) is 2. The Kier molecular flexibility index (Phi) is 1.57. The minimum atomic E-state index is -0.229. The van der Waals surface area contributed by atoms with E-state index in [9.17, 15) is 4.39 Å². The summed E-state index contributed by atoms with van der Waals surface area (Å²) in [7, 11) is 0. The van der Waals surface area contributed by atoms with E-state index in [1.165, 1.54) is 12.1 Å². The van der Waals surface area contributed by atoms with E-state index in [2.05, 4.69) is 5.16 Å². The summed E-state index contributed by atoms with van der Waals surface area (Å²) in [6.07, 6.45) is 1.47. The van der Waals surface area contributed by atoms with Crippen LogP contribution >= 0.6 is 0 Å². The molecule has 1 aromatic rings. The summed E-state index contributed by atoms with van der Waals surface area (Å²) in [6.45, 7) is 0. The number of nitrogens with zero attached hydrogens (tertiary/aromatic N) is 1. The van der Waals surface area contributed by atoms with Crippen LogP contribution in [-0.2, 0) is 6.42 Å². The molecule has 1 aromatic carbocycles. The van der Waals surface area contributed by atoms with Gasteiger partial charge in [-0.25, -0.2) is 4.39 Å². The van der Waals surface area contributed by atoms with Crippen LogP contribution in [0.5, 0.6) is 0 Å². The molecule has 0 bridgehead atoms. The highest BCUT2D eigenvalue weighted by molar-refractivity contribution is 6.04. The molecule has 1 N–H and O–H groups in total. The third-order valence-corrected chi connectivity index (χ3v) is 2.13. The first kappa shape index (κ1) is 7.28. The Labute approximate surface area is 69.3 Å². The minimum absolute atomic E-state index is 0.229. The van der Waals surface area contributed by atoms with Gasteiger partial charge in [0.1, 0.15) is 5.82 Å². The summed E-state index contributed by atoms with van der Waals surface area (Å²) in [4.78, 5) is 0. The fourth-order valence-electron chi connectivity index (χ4n) is 1.54. The van der Waals surface area contributed by atoms with Gasteiger partial charge in [-0.3, -0.25) is 0 Å². The zero-order valence-corrected chi connectivity index (χ0v) is 6.42. The smallest absolute Gasteiger partial charge is 0.123 e. The van der Waals surface area contributed by atoms with Crippen LogP contribution in [-0.4, -0.2) is 10.9 Å². The SMILES string of the molecule is ON=C1CCc2cc(F)ccc21. The third-order valence-electron chi connectivity index (χ3n) is 2.13. The maximum atomic E-state index is 12.7. The van der Waals surface area contributed by atoms with Gasteiger partial charge in [-0.2, -0.15) is 0 Å². The van der Waals surface area contributed by atoms with E-state index in [-0.39, 0.29) is 5.82 Å². The van der Waals surface area contributed by atoms with Crippen molar-refractivity contribution in [2.24, 2.45) is 5.16 Å². The van der Waals surface area contributed by atoms with Crippen LogP contribution < -0.4 is 0 Å². The number of fused-ring (bicyclic) bond motifs is 1. The summed E-state index contributed by atoms with van der Waals surface area (Å²) >= 11 is 0. The zero-order chi connectivity index (χ0) is 8.55. The van der Waals surface area contributed by atoms with Gasteiger partial charge in [-0.15, -0.1) is 0 Å². The van der Waals surface area contributed by atoms with Crippen molar-refractivity contribution in [1.29, 1.82) is 0 Å². The maximum Gasteiger partial charge on any atom is 0.123 e. The normalized spacial score (nSPS) is 18.2. The topological polar surface area (TPSA) is 32.6 Å². The van der Waals surface area contributed by atoms with Crippen molar-refractivity contribution in [2.45, 2.75) is 12.8 Å². The second kappa shape index (κ2) is 2.59. The molecular weight excluding hydrogens is 157 g/mol. The van der Waals surface area contributed by atoms with Crippen molar-refractivity contribution in [2.75, 3.05) is 0 Å². The highest BCUT2D eigenvalue weighted by Gasteiger charge is 2.17. The van der Waals surface area contributed by atoms with Crippen LogP contribution in [0.25, 0.3) is 0 Å². The van der Waals surface area contributed by atoms with Crippen molar-refractivity contribution in [3.8, 4) is 0 Å². The van der Waals surface area contributed by atoms with Crippen LogP contribution in [0.2, 0.25) is 0 Å². The first-order valence-electron chi connectivity index (χ1n) is 3.81. The largest absolute Gasteiger partial charge is 0.411 e.